The smallest absolute Gasteiger partial charge is 0.272 e. The van der Waals surface area contributed by atoms with Gasteiger partial charge < -0.3 is 10.6 Å². The standard InChI is InChI=1S/C26H25ClFN7O/c1-34-23(19(14-31-34)15-3-4-17-18(9-15)20(13-30)32-33-24(17)36)26(28)11-16(12-29)21(10-22(26)27)35-8-2-5-25(35)6-7-25/h3-4,9-10,14H,2,5-8,11,13,30H2,1H3,(H,33,36). The second kappa shape index (κ2) is 8.02. The molecule has 1 saturated heterocycles. The predicted octanol–water partition coefficient (Wildman–Crippen LogP) is 3.88. The average molecular weight is 506 g/mol. The summed E-state index contributed by atoms with van der Waals surface area (Å²) in [6.45, 7) is 0.987. The number of aromatic nitrogens is 4. The molecule has 8 nitrogen and oxygen atoms in total. The van der Waals surface area contributed by atoms with E-state index in [1.165, 1.54) is 4.68 Å². The SMILES string of the molecule is Cn1ncc(-c2ccc3c(=O)[nH]nc(CN)c3c2)c1C1(F)CC(C#N)=C(N2CCCC23CC3)C=C1Cl. The van der Waals surface area contributed by atoms with Gasteiger partial charge in [0.05, 0.1) is 45.3 Å². The fraction of sp³-hybridized carbons (Fsp3) is 0.385. The molecule has 0 radical (unpaired) electrons. The molecule has 1 aliphatic heterocycles. The normalized spacial score (nSPS) is 22.9. The summed E-state index contributed by atoms with van der Waals surface area (Å²) >= 11 is 6.72. The van der Waals surface area contributed by atoms with Crippen LogP contribution in [0.4, 0.5) is 4.39 Å². The third-order valence-electron chi connectivity index (χ3n) is 7.91. The molecule has 2 aromatic heterocycles. The van der Waals surface area contributed by atoms with E-state index in [4.69, 9.17) is 17.3 Å². The Balaban J connectivity index is 1.47. The van der Waals surface area contributed by atoms with Crippen molar-refractivity contribution in [3.63, 3.8) is 0 Å². The van der Waals surface area contributed by atoms with Gasteiger partial charge in [-0.05, 0) is 49.5 Å². The van der Waals surface area contributed by atoms with Crippen LogP contribution in [0.5, 0.6) is 0 Å². The topological polar surface area (TPSA) is 117 Å². The number of nitrogens with two attached hydrogens (primary N) is 1. The van der Waals surface area contributed by atoms with E-state index in [9.17, 15) is 10.1 Å². The lowest BCUT2D eigenvalue weighted by Crippen LogP contribution is -2.35. The van der Waals surface area contributed by atoms with Crippen molar-refractivity contribution in [2.45, 2.75) is 49.9 Å². The molecule has 1 unspecified atom stereocenters. The third-order valence-corrected chi connectivity index (χ3v) is 8.32. The molecule has 36 heavy (non-hydrogen) atoms. The Kier molecular flexibility index (Phi) is 5.11. The first-order valence-corrected chi connectivity index (χ1v) is 12.4. The first-order chi connectivity index (χ1) is 17.3. The summed E-state index contributed by atoms with van der Waals surface area (Å²) in [4.78, 5) is 14.5. The zero-order chi connectivity index (χ0) is 25.2. The number of alkyl halides is 1. The fourth-order valence-corrected chi connectivity index (χ4v) is 6.17. The number of benzene rings is 1. The van der Waals surface area contributed by atoms with Crippen molar-refractivity contribution in [3.8, 4) is 17.2 Å². The Morgan fingerprint density at radius 1 is 1.31 bits per heavy atom. The number of halogens is 2. The third kappa shape index (κ3) is 3.25. The zero-order valence-corrected chi connectivity index (χ0v) is 20.6. The Labute approximate surface area is 211 Å². The van der Waals surface area contributed by atoms with Gasteiger partial charge in [0.2, 0.25) is 0 Å². The molecule has 1 saturated carbocycles. The molecule has 6 rings (SSSR count). The molecule has 1 spiro atoms. The summed E-state index contributed by atoms with van der Waals surface area (Å²) < 4.78 is 18.5. The van der Waals surface area contributed by atoms with E-state index in [1.54, 1.807) is 37.5 Å². The van der Waals surface area contributed by atoms with E-state index >= 15 is 4.39 Å². The quantitative estimate of drug-likeness (QED) is 0.555. The number of aryl methyl sites for hydroxylation is 1. The predicted molar refractivity (Wildman–Crippen MR) is 134 cm³/mol. The molecule has 184 valence electrons. The minimum Gasteiger partial charge on any atom is -0.365 e. The molecular weight excluding hydrogens is 481 g/mol. The first kappa shape index (κ1) is 23.0. The van der Waals surface area contributed by atoms with Crippen molar-refractivity contribution in [3.05, 3.63) is 68.5 Å². The summed E-state index contributed by atoms with van der Waals surface area (Å²) in [5.74, 6) is 0. The summed E-state index contributed by atoms with van der Waals surface area (Å²) in [6, 6.07) is 7.46. The molecule has 0 bridgehead atoms. The van der Waals surface area contributed by atoms with Crippen LogP contribution in [-0.4, -0.2) is 37.0 Å². The highest BCUT2D eigenvalue weighted by molar-refractivity contribution is 6.31. The maximum atomic E-state index is 17.0. The van der Waals surface area contributed by atoms with Crippen molar-refractivity contribution in [2.75, 3.05) is 6.54 Å². The Bertz CT molecular complexity index is 1580. The van der Waals surface area contributed by atoms with Gasteiger partial charge in [0.1, 0.15) is 0 Å². The van der Waals surface area contributed by atoms with Crippen LogP contribution in [0.25, 0.3) is 21.9 Å². The van der Waals surface area contributed by atoms with Crippen LogP contribution in [0.15, 0.2) is 51.6 Å². The summed E-state index contributed by atoms with van der Waals surface area (Å²) in [5.41, 5.74) is 6.58. The highest BCUT2D eigenvalue weighted by Gasteiger charge is 2.53. The number of H-pyrrole nitrogens is 1. The van der Waals surface area contributed by atoms with E-state index < -0.39 is 5.67 Å². The maximum absolute atomic E-state index is 17.0. The van der Waals surface area contributed by atoms with Gasteiger partial charge in [-0.15, -0.1) is 0 Å². The van der Waals surface area contributed by atoms with Crippen molar-refractivity contribution < 1.29 is 4.39 Å². The van der Waals surface area contributed by atoms with E-state index in [2.05, 4.69) is 26.3 Å². The van der Waals surface area contributed by atoms with E-state index in [0.29, 0.717) is 33.2 Å². The molecule has 3 aliphatic rings. The van der Waals surface area contributed by atoms with Crippen molar-refractivity contribution in [1.29, 1.82) is 5.26 Å². The summed E-state index contributed by atoms with van der Waals surface area (Å²) in [5, 5.41) is 22.0. The lowest BCUT2D eigenvalue weighted by Gasteiger charge is -2.35. The van der Waals surface area contributed by atoms with Gasteiger partial charge >= 0.3 is 0 Å². The second-order valence-electron chi connectivity index (χ2n) is 9.92. The maximum Gasteiger partial charge on any atom is 0.272 e. The van der Waals surface area contributed by atoms with Crippen LogP contribution in [0.3, 0.4) is 0 Å². The van der Waals surface area contributed by atoms with Crippen LogP contribution in [0, 0.1) is 11.3 Å². The van der Waals surface area contributed by atoms with E-state index in [-0.39, 0.29) is 34.8 Å². The summed E-state index contributed by atoms with van der Waals surface area (Å²) in [6.07, 6.45) is 7.39. The minimum atomic E-state index is -2.13. The van der Waals surface area contributed by atoms with E-state index in [0.717, 1.165) is 37.9 Å². The molecule has 3 N–H and O–H groups in total. The van der Waals surface area contributed by atoms with Crippen LogP contribution < -0.4 is 11.3 Å². The number of nitrogens with zero attached hydrogens (tertiary/aromatic N) is 5. The molecule has 1 aromatic carbocycles. The molecule has 3 aromatic rings. The Morgan fingerprint density at radius 2 is 2.11 bits per heavy atom. The highest BCUT2D eigenvalue weighted by Crippen LogP contribution is 2.55. The minimum absolute atomic E-state index is 0.0330. The number of allylic oxidation sites excluding steroid dienone is 3. The number of fused-ring (bicyclic) bond motifs is 1. The van der Waals surface area contributed by atoms with Crippen LogP contribution in [0.1, 0.15) is 43.5 Å². The second-order valence-corrected chi connectivity index (χ2v) is 10.3. The molecule has 2 aliphatic carbocycles. The largest absolute Gasteiger partial charge is 0.365 e. The van der Waals surface area contributed by atoms with E-state index in [1.807, 2.05) is 0 Å². The lowest BCUT2D eigenvalue weighted by atomic mass is 9.83. The number of likely N-dealkylation sites (tertiary alicyclic amines) is 1. The first-order valence-electron chi connectivity index (χ1n) is 12.0. The van der Waals surface area contributed by atoms with Gasteiger partial charge in [0, 0.05) is 43.0 Å². The van der Waals surface area contributed by atoms with Crippen molar-refractivity contribution >= 4 is 22.4 Å². The number of aromatic amines is 1. The number of nitrogens with one attached hydrogen (secondary N) is 1. The molecule has 3 heterocycles. The van der Waals surface area contributed by atoms with Gasteiger partial charge in [-0.3, -0.25) is 9.48 Å². The highest BCUT2D eigenvalue weighted by atomic mass is 35.5. The van der Waals surface area contributed by atoms with Crippen molar-refractivity contribution in [2.24, 2.45) is 12.8 Å². The number of nitriles is 1. The van der Waals surface area contributed by atoms with Crippen LogP contribution in [-0.2, 0) is 19.3 Å². The van der Waals surface area contributed by atoms with Gasteiger partial charge in [0.15, 0.2) is 5.67 Å². The van der Waals surface area contributed by atoms with Crippen molar-refractivity contribution in [1.82, 2.24) is 24.9 Å². The van der Waals surface area contributed by atoms with Crippen LogP contribution >= 0.6 is 11.6 Å². The fourth-order valence-electron chi connectivity index (χ4n) is 5.91. The molecule has 10 heteroatoms. The Hall–Kier alpha value is -3.48. The monoisotopic (exact) mass is 505 g/mol. The van der Waals surface area contributed by atoms with Gasteiger partial charge in [-0.25, -0.2) is 9.49 Å². The van der Waals surface area contributed by atoms with Gasteiger partial charge in [-0.1, -0.05) is 17.7 Å². The molecular formula is C26H25ClFN7O. The molecule has 0 amide bonds. The number of hydrogen-bond donors (Lipinski definition) is 2. The summed E-state index contributed by atoms with van der Waals surface area (Å²) in [7, 11) is 1.66. The van der Waals surface area contributed by atoms with Gasteiger partial charge in [-0.2, -0.15) is 15.5 Å². The number of hydrogen-bond acceptors (Lipinski definition) is 6. The molecule has 2 fully saturated rings. The average Bonchev–Trinajstić information content (AvgIpc) is 3.36. The Morgan fingerprint density at radius 3 is 2.83 bits per heavy atom. The zero-order valence-electron chi connectivity index (χ0n) is 19.8. The number of rotatable bonds is 4. The van der Waals surface area contributed by atoms with Crippen LogP contribution in [0.2, 0.25) is 0 Å². The van der Waals surface area contributed by atoms with Gasteiger partial charge in [0.25, 0.3) is 5.56 Å². The lowest BCUT2D eigenvalue weighted by molar-refractivity contribution is 0.204. The molecule has 1 atom stereocenters.